The van der Waals surface area contributed by atoms with Gasteiger partial charge < -0.3 is 14.2 Å². The molecule has 0 fully saturated rings. The van der Waals surface area contributed by atoms with Crippen LogP contribution >= 0.6 is 0 Å². The second-order valence-electron chi connectivity index (χ2n) is 3.40. The summed E-state index contributed by atoms with van der Waals surface area (Å²) < 4.78 is 15.1. The van der Waals surface area contributed by atoms with Crippen molar-refractivity contribution in [2.45, 2.75) is 13.0 Å². The topological polar surface area (TPSA) is 44.8 Å². The summed E-state index contributed by atoms with van der Waals surface area (Å²) in [5, 5.41) is 0. The molecule has 88 valence electrons. The second kappa shape index (κ2) is 6.12. The Balaban J connectivity index is 2.61. The van der Waals surface area contributed by atoms with Crippen LogP contribution in [0.15, 0.2) is 24.3 Å². The minimum absolute atomic E-state index is 0.0195. The molecule has 0 saturated heterocycles. The van der Waals surface area contributed by atoms with Gasteiger partial charge in [0.25, 0.3) is 0 Å². The van der Waals surface area contributed by atoms with Crippen molar-refractivity contribution in [3.63, 3.8) is 0 Å². The molecule has 1 aromatic rings. The number of hydrogen-bond acceptors (Lipinski definition) is 4. The Kier molecular flexibility index (Phi) is 4.79. The van der Waals surface area contributed by atoms with Crippen molar-refractivity contribution in [1.29, 1.82) is 0 Å². The van der Waals surface area contributed by atoms with Crippen LogP contribution in [0, 0.1) is 0 Å². The molecule has 1 atom stereocenters. The van der Waals surface area contributed by atoms with E-state index in [1.807, 2.05) is 6.92 Å². The highest BCUT2D eigenvalue weighted by Gasteiger charge is 2.06. The number of benzene rings is 1. The molecule has 0 bridgehead atoms. The lowest BCUT2D eigenvalue weighted by atomic mass is 10.2. The Morgan fingerprint density at radius 2 is 1.88 bits per heavy atom. The van der Waals surface area contributed by atoms with E-state index in [1.54, 1.807) is 31.4 Å². The minimum Gasteiger partial charge on any atom is -0.488 e. The van der Waals surface area contributed by atoms with Crippen LogP contribution in [0.5, 0.6) is 5.75 Å². The lowest BCUT2D eigenvalue weighted by Gasteiger charge is -2.13. The van der Waals surface area contributed by atoms with Crippen molar-refractivity contribution < 1.29 is 19.0 Å². The van der Waals surface area contributed by atoms with Gasteiger partial charge in [0.2, 0.25) is 0 Å². The van der Waals surface area contributed by atoms with Crippen LogP contribution in [-0.2, 0) is 9.47 Å². The summed E-state index contributed by atoms with van der Waals surface area (Å²) >= 11 is 0. The summed E-state index contributed by atoms with van der Waals surface area (Å²) in [6, 6.07) is 6.80. The molecule has 4 heteroatoms. The average molecular weight is 224 g/mol. The van der Waals surface area contributed by atoms with E-state index in [0.717, 1.165) is 0 Å². The molecule has 0 aliphatic rings. The molecule has 0 amide bonds. The first-order valence-corrected chi connectivity index (χ1v) is 5.01. The van der Waals surface area contributed by atoms with Crippen molar-refractivity contribution in [1.82, 2.24) is 0 Å². The van der Waals surface area contributed by atoms with Crippen molar-refractivity contribution >= 4 is 5.97 Å². The van der Waals surface area contributed by atoms with Crippen molar-refractivity contribution in [2.24, 2.45) is 0 Å². The third kappa shape index (κ3) is 3.55. The van der Waals surface area contributed by atoms with Gasteiger partial charge in [-0.1, -0.05) is 0 Å². The maximum atomic E-state index is 11.2. The Morgan fingerprint density at radius 3 is 2.38 bits per heavy atom. The summed E-state index contributed by atoms with van der Waals surface area (Å²) in [5.41, 5.74) is 0.509. The standard InChI is InChI=1S/C12H16O4/c1-9(8-14-2)16-11-6-4-10(5-7-11)12(13)15-3/h4-7,9H,8H2,1-3H3. The van der Waals surface area contributed by atoms with Crippen LogP contribution in [0.25, 0.3) is 0 Å². The van der Waals surface area contributed by atoms with Crippen LogP contribution < -0.4 is 4.74 Å². The molecule has 16 heavy (non-hydrogen) atoms. The highest BCUT2D eigenvalue weighted by atomic mass is 16.5. The fourth-order valence-corrected chi connectivity index (χ4v) is 1.29. The van der Waals surface area contributed by atoms with Crippen LogP contribution in [0.1, 0.15) is 17.3 Å². The first kappa shape index (κ1) is 12.5. The van der Waals surface area contributed by atoms with Gasteiger partial charge in [-0.15, -0.1) is 0 Å². The maximum Gasteiger partial charge on any atom is 0.337 e. The van der Waals surface area contributed by atoms with Crippen LogP contribution in [0.2, 0.25) is 0 Å². The highest BCUT2D eigenvalue weighted by molar-refractivity contribution is 5.89. The zero-order valence-corrected chi connectivity index (χ0v) is 9.73. The largest absolute Gasteiger partial charge is 0.488 e. The fraction of sp³-hybridized carbons (Fsp3) is 0.417. The third-order valence-corrected chi connectivity index (χ3v) is 2.01. The quantitative estimate of drug-likeness (QED) is 0.716. The normalized spacial score (nSPS) is 11.9. The number of ether oxygens (including phenoxy) is 3. The number of carbonyl (C=O) groups is 1. The van der Waals surface area contributed by atoms with Gasteiger partial charge in [0.15, 0.2) is 0 Å². The zero-order chi connectivity index (χ0) is 12.0. The first-order chi connectivity index (χ1) is 7.67. The predicted octanol–water partition coefficient (Wildman–Crippen LogP) is 1.89. The van der Waals surface area contributed by atoms with Gasteiger partial charge in [0.05, 0.1) is 19.3 Å². The van der Waals surface area contributed by atoms with Gasteiger partial charge in [0.1, 0.15) is 11.9 Å². The van der Waals surface area contributed by atoms with E-state index in [0.29, 0.717) is 17.9 Å². The molecule has 0 N–H and O–H groups in total. The SMILES string of the molecule is COCC(C)Oc1ccc(C(=O)OC)cc1. The van der Waals surface area contributed by atoms with Gasteiger partial charge >= 0.3 is 5.97 Å². The van der Waals surface area contributed by atoms with E-state index < -0.39 is 0 Å². The molecule has 1 aromatic carbocycles. The van der Waals surface area contributed by atoms with Gasteiger partial charge in [-0.2, -0.15) is 0 Å². The summed E-state index contributed by atoms with van der Waals surface area (Å²) in [7, 11) is 2.98. The Morgan fingerprint density at radius 1 is 1.25 bits per heavy atom. The smallest absolute Gasteiger partial charge is 0.337 e. The summed E-state index contributed by atoms with van der Waals surface area (Å²) in [5.74, 6) is 0.355. The molecular weight excluding hydrogens is 208 g/mol. The van der Waals surface area contributed by atoms with Gasteiger partial charge in [0, 0.05) is 7.11 Å². The van der Waals surface area contributed by atoms with E-state index in [-0.39, 0.29) is 12.1 Å². The molecule has 0 radical (unpaired) electrons. The first-order valence-electron chi connectivity index (χ1n) is 5.01. The van der Waals surface area contributed by atoms with E-state index >= 15 is 0 Å². The van der Waals surface area contributed by atoms with Crippen molar-refractivity contribution in [2.75, 3.05) is 20.8 Å². The molecule has 0 spiro atoms. The van der Waals surface area contributed by atoms with Crippen LogP contribution in [0.4, 0.5) is 0 Å². The molecule has 0 saturated carbocycles. The second-order valence-corrected chi connectivity index (χ2v) is 3.40. The van der Waals surface area contributed by atoms with Crippen LogP contribution in [0.3, 0.4) is 0 Å². The summed E-state index contributed by atoms with van der Waals surface area (Å²) in [4.78, 5) is 11.2. The lowest BCUT2D eigenvalue weighted by molar-refractivity contribution is 0.0600. The third-order valence-electron chi connectivity index (χ3n) is 2.01. The van der Waals surface area contributed by atoms with Gasteiger partial charge in [-0.05, 0) is 31.2 Å². The monoisotopic (exact) mass is 224 g/mol. The molecule has 4 nitrogen and oxygen atoms in total. The Labute approximate surface area is 95.1 Å². The van der Waals surface area contributed by atoms with Gasteiger partial charge in [-0.3, -0.25) is 0 Å². The van der Waals surface area contributed by atoms with Crippen LogP contribution in [-0.4, -0.2) is 32.9 Å². The zero-order valence-electron chi connectivity index (χ0n) is 9.73. The molecule has 0 aliphatic heterocycles. The Hall–Kier alpha value is -1.55. The predicted molar refractivity (Wildman–Crippen MR) is 59.7 cm³/mol. The molecule has 1 rings (SSSR count). The molecule has 0 aliphatic carbocycles. The summed E-state index contributed by atoms with van der Waals surface area (Å²) in [6.45, 7) is 2.44. The number of rotatable bonds is 5. The maximum absolute atomic E-state index is 11.2. The van der Waals surface area contributed by atoms with E-state index in [2.05, 4.69) is 4.74 Å². The average Bonchev–Trinajstić information content (AvgIpc) is 2.29. The summed E-state index contributed by atoms with van der Waals surface area (Å²) in [6.07, 6.45) is -0.0195. The van der Waals surface area contributed by atoms with Gasteiger partial charge in [-0.25, -0.2) is 4.79 Å². The highest BCUT2D eigenvalue weighted by Crippen LogP contribution is 2.14. The minimum atomic E-state index is -0.350. The molecule has 0 aromatic heterocycles. The Bertz CT molecular complexity index is 331. The number of hydrogen-bond donors (Lipinski definition) is 0. The molecule has 1 unspecified atom stereocenters. The van der Waals surface area contributed by atoms with Crippen molar-refractivity contribution in [3.05, 3.63) is 29.8 Å². The fourth-order valence-electron chi connectivity index (χ4n) is 1.29. The lowest BCUT2D eigenvalue weighted by Crippen LogP contribution is -2.17. The van der Waals surface area contributed by atoms with E-state index in [9.17, 15) is 4.79 Å². The number of methoxy groups -OCH3 is 2. The molecule has 0 heterocycles. The van der Waals surface area contributed by atoms with Crippen molar-refractivity contribution in [3.8, 4) is 5.75 Å². The molecular formula is C12H16O4. The van der Waals surface area contributed by atoms with E-state index in [4.69, 9.17) is 9.47 Å². The van der Waals surface area contributed by atoms with E-state index in [1.165, 1.54) is 7.11 Å². The number of esters is 1. The number of carbonyl (C=O) groups excluding carboxylic acids is 1.